The fourth-order valence-electron chi connectivity index (χ4n) is 2.58. The van der Waals surface area contributed by atoms with Crippen molar-refractivity contribution in [2.75, 3.05) is 13.1 Å². The van der Waals surface area contributed by atoms with Gasteiger partial charge in [-0.25, -0.2) is 0 Å². The molecule has 0 unspecified atom stereocenters. The number of benzene rings is 1. The van der Waals surface area contributed by atoms with Crippen molar-refractivity contribution in [2.24, 2.45) is 5.73 Å². The van der Waals surface area contributed by atoms with Crippen LogP contribution in [0, 0.1) is 6.92 Å². The second-order valence-electron chi connectivity index (χ2n) is 5.56. The third-order valence-corrected chi connectivity index (χ3v) is 3.79. The summed E-state index contributed by atoms with van der Waals surface area (Å²) in [6.07, 6.45) is -0.429. The monoisotopic (exact) mass is 344 g/mol. The van der Waals surface area contributed by atoms with Crippen molar-refractivity contribution in [3.63, 3.8) is 0 Å². The van der Waals surface area contributed by atoms with E-state index in [1.54, 1.807) is 0 Å². The Morgan fingerprint density at radius 2 is 1.82 bits per heavy atom. The van der Waals surface area contributed by atoms with E-state index in [2.05, 4.69) is 36.1 Å². The van der Waals surface area contributed by atoms with E-state index in [9.17, 15) is 5.11 Å². The lowest BCUT2D eigenvalue weighted by atomic mass is 10.1. The molecule has 1 aromatic carbocycles. The molecule has 1 aliphatic heterocycles. The number of nitrogens with zero attached hydrogens (tertiary/aromatic N) is 1. The first-order chi connectivity index (χ1) is 9.61. The molecule has 0 radical (unpaired) electrons. The van der Waals surface area contributed by atoms with Crippen LogP contribution in [0.3, 0.4) is 0 Å². The highest BCUT2D eigenvalue weighted by Crippen LogP contribution is 2.24. The number of hydrogen-bond donors (Lipinski definition) is 2. The summed E-state index contributed by atoms with van der Waals surface area (Å²) in [6, 6.07) is 12.1. The third-order valence-electron chi connectivity index (χ3n) is 3.79. The predicted molar refractivity (Wildman–Crippen MR) is 92.6 cm³/mol. The number of halogens is 2. The van der Waals surface area contributed by atoms with Crippen molar-refractivity contribution >= 4 is 24.8 Å². The van der Waals surface area contributed by atoms with E-state index in [1.807, 2.05) is 12.1 Å². The normalized spacial score (nSPS) is 21.2. The molecule has 122 valence electrons. The zero-order valence-corrected chi connectivity index (χ0v) is 14.1. The van der Waals surface area contributed by atoms with Crippen LogP contribution in [-0.2, 0) is 6.54 Å². The van der Waals surface area contributed by atoms with Crippen molar-refractivity contribution < 1.29 is 9.52 Å². The van der Waals surface area contributed by atoms with E-state index < -0.39 is 6.10 Å². The van der Waals surface area contributed by atoms with Crippen LogP contribution in [0.5, 0.6) is 0 Å². The summed E-state index contributed by atoms with van der Waals surface area (Å²) in [6.45, 7) is 4.08. The number of hydrogen-bond acceptors (Lipinski definition) is 4. The minimum Gasteiger partial charge on any atom is -0.460 e. The predicted octanol–water partition coefficient (Wildman–Crippen LogP) is 2.60. The lowest BCUT2D eigenvalue weighted by Crippen LogP contribution is -2.32. The second kappa shape index (κ2) is 7.99. The summed E-state index contributed by atoms with van der Waals surface area (Å²) in [7, 11) is 0. The molecule has 1 saturated heterocycles. The quantitative estimate of drug-likeness (QED) is 0.898. The van der Waals surface area contributed by atoms with Crippen LogP contribution in [0.2, 0.25) is 0 Å². The maximum Gasteiger partial charge on any atom is 0.134 e. The molecular formula is C16H22Cl2N2O2. The van der Waals surface area contributed by atoms with Crippen LogP contribution < -0.4 is 5.73 Å². The Labute approximate surface area is 143 Å². The van der Waals surface area contributed by atoms with Crippen molar-refractivity contribution in [1.82, 2.24) is 4.90 Å². The number of nitrogens with two attached hydrogens (primary N) is 1. The Balaban J connectivity index is 0.00000121. The summed E-state index contributed by atoms with van der Waals surface area (Å²) in [4.78, 5) is 2.12. The van der Waals surface area contributed by atoms with E-state index in [1.165, 1.54) is 5.56 Å². The molecular weight excluding hydrogens is 323 g/mol. The summed E-state index contributed by atoms with van der Waals surface area (Å²) >= 11 is 0. The molecule has 0 spiro atoms. The lowest BCUT2D eigenvalue weighted by Gasteiger charge is -2.12. The van der Waals surface area contributed by atoms with Crippen molar-refractivity contribution in [3.8, 4) is 11.3 Å². The lowest BCUT2D eigenvalue weighted by molar-refractivity contribution is 0.162. The van der Waals surface area contributed by atoms with Gasteiger partial charge in [0.15, 0.2) is 0 Å². The van der Waals surface area contributed by atoms with Gasteiger partial charge in [0.1, 0.15) is 11.5 Å². The largest absolute Gasteiger partial charge is 0.460 e. The van der Waals surface area contributed by atoms with Gasteiger partial charge in [-0.15, -0.1) is 24.8 Å². The second-order valence-corrected chi connectivity index (χ2v) is 5.56. The van der Waals surface area contributed by atoms with Crippen molar-refractivity contribution in [3.05, 3.63) is 47.7 Å². The van der Waals surface area contributed by atoms with Crippen molar-refractivity contribution in [2.45, 2.75) is 25.6 Å². The Morgan fingerprint density at radius 1 is 1.14 bits per heavy atom. The molecule has 0 saturated carbocycles. The highest BCUT2D eigenvalue weighted by Gasteiger charge is 2.28. The molecule has 1 aromatic heterocycles. The van der Waals surface area contributed by atoms with Gasteiger partial charge in [-0.1, -0.05) is 29.8 Å². The molecule has 6 heteroatoms. The maximum atomic E-state index is 9.66. The van der Waals surface area contributed by atoms with Gasteiger partial charge >= 0.3 is 0 Å². The Bertz CT molecular complexity index is 576. The highest BCUT2D eigenvalue weighted by atomic mass is 35.5. The molecule has 1 aliphatic rings. The van der Waals surface area contributed by atoms with E-state index in [0.29, 0.717) is 19.6 Å². The Kier molecular flexibility index (Phi) is 6.91. The minimum atomic E-state index is -0.429. The molecule has 0 amide bonds. The number of likely N-dealkylation sites (tertiary alicyclic amines) is 1. The molecule has 3 rings (SSSR count). The van der Waals surface area contributed by atoms with E-state index in [4.69, 9.17) is 10.2 Å². The first kappa shape index (κ1) is 19.0. The number of aryl methyl sites for hydroxylation is 1. The summed E-state index contributed by atoms with van der Waals surface area (Å²) in [5.41, 5.74) is 8.13. The fourth-order valence-corrected chi connectivity index (χ4v) is 2.58. The molecule has 3 N–H and O–H groups in total. The van der Waals surface area contributed by atoms with Crippen LogP contribution >= 0.6 is 24.8 Å². The van der Waals surface area contributed by atoms with Gasteiger partial charge < -0.3 is 15.3 Å². The maximum absolute atomic E-state index is 9.66. The smallest absolute Gasteiger partial charge is 0.134 e. The molecule has 0 bridgehead atoms. The number of β-amino-alcohol motifs (C(OH)–C–C–N with tert-alkyl or cyclic N) is 1. The van der Waals surface area contributed by atoms with Crippen LogP contribution in [0.1, 0.15) is 11.3 Å². The van der Waals surface area contributed by atoms with Crippen LogP contribution in [0.25, 0.3) is 11.3 Å². The van der Waals surface area contributed by atoms with Crippen LogP contribution in [0.15, 0.2) is 40.8 Å². The van der Waals surface area contributed by atoms with Gasteiger partial charge in [0.2, 0.25) is 0 Å². The van der Waals surface area contributed by atoms with Crippen LogP contribution in [0.4, 0.5) is 0 Å². The van der Waals surface area contributed by atoms with Gasteiger partial charge in [0.05, 0.1) is 12.6 Å². The minimum absolute atomic E-state index is 0. The average Bonchev–Trinajstić information content (AvgIpc) is 2.99. The van der Waals surface area contributed by atoms with Crippen LogP contribution in [-0.4, -0.2) is 35.2 Å². The topological polar surface area (TPSA) is 62.6 Å². The number of aliphatic hydroxyl groups excluding tert-OH is 1. The number of aliphatic hydroxyl groups is 1. The first-order valence-corrected chi connectivity index (χ1v) is 6.93. The molecule has 1 fully saturated rings. The average molecular weight is 345 g/mol. The third kappa shape index (κ3) is 4.24. The molecule has 2 aromatic rings. The van der Waals surface area contributed by atoms with E-state index in [-0.39, 0.29) is 30.9 Å². The Morgan fingerprint density at radius 3 is 2.41 bits per heavy atom. The fraction of sp³-hybridized carbons (Fsp3) is 0.375. The summed E-state index contributed by atoms with van der Waals surface area (Å²) in [5.74, 6) is 1.78. The van der Waals surface area contributed by atoms with Gasteiger partial charge in [0, 0.05) is 24.7 Å². The van der Waals surface area contributed by atoms with Gasteiger partial charge in [-0.05, 0) is 19.1 Å². The van der Waals surface area contributed by atoms with E-state index >= 15 is 0 Å². The highest BCUT2D eigenvalue weighted by molar-refractivity contribution is 5.85. The molecule has 0 aliphatic carbocycles. The first-order valence-electron chi connectivity index (χ1n) is 6.93. The van der Waals surface area contributed by atoms with Gasteiger partial charge in [-0.3, -0.25) is 4.90 Å². The zero-order valence-electron chi connectivity index (χ0n) is 12.4. The van der Waals surface area contributed by atoms with Gasteiger partial charge in [-0.2, -0.15) is 0 Å². The SMILES string of the molecule is Cc1ccc(-c2ccc(CN3C[C@@H](N)[C@H](O)C3)o2)cc1.Cl.Cl. The van der Waals surface area contributed by atoms with Crippen molar-refractivity contribution in [1.29, 1.82) is 0 Å². The summed E-state index contributed by atoms with van der Waals surface area (Å²) in [5, 5.41) is 9.66. The zero-order chi connectivity index (χ0) is 14.1. The Hall–Kier alpha value is -1.04. The van der Waals surface area contributed by atoms with Gasteiger partial charge in [0.25, 0.3) is 0 Å². The van der Waals surface area contributed by atoms with E-state index in [0.717, 1.165) is 17.1 Å². The number of rotatable bonds is 3. The number of furan rings is 1. The molecule has 22 heavy (non-hydrogen) atoms. The molecule has 2 heterocycles. The standard InChI is InChI=1S/C16H20N2O2.2ClH/c1-11-2-4-12(5-3-11)16-7-6-13(20-16)8-18-9-14(17)15(19)10-18;;/h2-7,14-15,19H,8-10,17H2,1H3;2*1H/t14-,15-;;/m1../s1. The summed E-state index contributed by atoms with van der Waals surface area (Å²) < 4.78 is 5.88. The molecule has 2 atom stereocenters. The molecule has 4 nitrogen and oxygen atoms in total.